The second kappa shape index (κ2) is 10.3. The third-order valence-electron chi connectivity index (χ3n) is 5.55. The second-order valence-corrected chi connectivity index (χ2v) is 10.00. The van der Waals surface area contributed by atoms with E-state index in [1.165, 1.54) is 6.07 Å². The first-order valence-corrected chi connectivity index (χ1v) is 12.3. The number of carbonyl (C=O) groups is 1. The molecule has 0 aromatic heterocycles. The average molecular weight is 469 g/mol. The van der Waals surface area contributed by atoms with Crippen molar-refractivity contribution in [2.45, 2.75) is 51.5 Å². The molecule has 3 rings (SSSR count). The van der Waals surface area contributed by atoms with Crippen molar-refractivity contribution >= 4 is 21.6 Å². The molecule has 0 spiro atoms. The summed E-state index contributed by atoms with van der Waals surface area (Å²) >= 11 is 0. The molecule has 0 unspecified atom stereocenters. The lowest BCUT2D eigenvalue weighted by molar-refractivity contribution is 0.102. The van der Waals surface area contributed by atoms with Gasteiger partial charge < -0.3 is 5.32 Å². The van der Waals surface area contributed by atoms with Crippen LogP contribution in [0.3, 0.4) is 0 Å². The third kappa shape index (κ3) is 6.06. The number of hydrogen-bond donors (Lipinski definition) is 2. The molecule has 174 valence electrons. The number of amides is 1. The first-order chi connectivity index (χ1) is 15.6. The zero-order valence-electron chi connectivity index (χ0n) is 19.3. The number of halogens is 1. The van der Waals surface area contributed by atoms with Crippen molar-refractivity contribution in [1.82, 2.24) is 4.72 Å². The fraction of sp³-hybridized carbons (Fsp3) is 0.269. The minimum Gasteiger partial charge on any atom is -0.321 e. The maximum Gasteiger partial charge on any atom is 0.258 e. The molecule has 0 aliphatic carbocycles. The molecule has 3 aromatic carbocycles. The molecule has 0 radical (unpaired) electrons. The van der Waals surface area contributed by atoms with Crippen molar-refractivity contribution in [2.75, 3.05) is 5.32 Å². The zero-order valence-corrected chi connectivity index (χ0v) is 20.1. The molecule has 2 N–H and O–H groups in total. The quantitative estimate of drug-likeness (QED) is 0.471. The van der Waals surface area contributed by atoms with Crippen LogP contribution in [0.15, 0.2) is 65.6 Å². The van der Waals surface area contributed by atoms with Gasteiger partial charge in [-0.3, -0.25) is 4.79 Å². The molecule has 0 aliphatic rings. The van der Waals surface area contributed by atoms with Crippen LogP contribution in [0.2, 0.25) is 0 Å². The van der Waals surface area contributed by atoms with Crippen LogP contribution in [-0.4, -0.2) is 20.4 Å². The normalized spacial score (nSPS) is 12.4. The lowest BCUT2D eigenvalue weighted by atomic mass is 10.0. The smallest absolute Gasteiger partial charge is 0.258 e. The van der Waals surface area contributed by atoms with Gasteiger partial charge in [0.25, 0.3) is 5.91 Å². The zero-order chi connectivity index (χ0) is 24.2. The summed E-state index contributed by atoms with van der Waals surface area (Å²) in [7, 11) is -3.96. The first-order valence-electron chi connectivity index (χ1n) is 10.9. The summed E-state index contributed by atoms with van der Waals surface area (Å²) in [6.45, 7) is 7.56. The maximum absolute atomic E-state index is 14.5. The van der Waals surface area contributed by atoms with Gasteiger partial charge in [0.05, 0.1) is 10.5 Å². The SMILES string of the molecule is CC[C@H](Cc1ccccc1)NS(=O)(=O)c1ccc(F)c(C(=O)Nc2c(C)cc(C)cc2C)c1. The van der Waals surface area contributed by atoms with E-state index in [0.29, 0.717) is 18.5 Å². The van der Waals surface area contributed by atoms with Gasteiger partial charge in [0.2, 0.25) is 10.0 Å². The molecular weight excluding hydrogens is 439 g/mol. The largest absolute Gasteiger partial charge is 0.321 e. The van der Waals surface area contributed by atoms with Crippen LogP contribution in [0, 0.1) is 26.6 Å². The van der Waals surface area contributed by atoms with Gasteiger partial charge in [0, 0.05) is 11.7 Å². The van der Waals surface area contributed by atoms with Gasteiger partial charge in [-0.2, -0.15) is 0 Å². The number of rotatable bonds is 8. The van der Waals surface area contributed by atoms with Crippen LogP contribution in [-0.2, 0) is 16.4 Å². The number of benzene rings is 3. The number of anilines is 1. The molecule has 0 aliphatic heterocycles. The fourth-order valence-corrected chi connectivity index (χ4v) is 5.20. The van der Waals surface area contributed by atoms with E-state index in [4.69, 9.17) is 0 Å². The summed E-state index contributed by atoms with van der Waals surface area (Å²) in [4.78, 5) is 12.7. The molecular formula is C26H29FN2O3S. The summed E-state index contributed by atoms with van der Waals surface area (Å²) < 4.78 is 43.2. The molecule has 7 heteroatoms. The van der Waals surface area contributed by atoms with E-state index in [1.807, 2.05) is 70.2 Å². The molecule has 3 aromatic rings. The molecule has 0 saturated heterocycles. The first kappa shape index (κ1) is 24.6. The highest BCUT2D eigenvalue weighted by Crippen LogP contribution is 2.24. The van der Waals surface area contributed by atoms with E-state index in [1.54, 1.807) is 0 Å². The Kier molecular flexibility index (Phi) is 7.66. The van der Waals surface area contributed by atoms with Crippen LogP contribution in [0.4, 0.5) is 10.1 Å². The van der Waals surface area contributed by atoms with E-state index in [9.17, 15) is 17.6 Å². The van der Waals surface area contributed by atoms with Gasteiger partial charge in [0.1, 0.15) is 5.82 Å². The minimum atomic E-state index is -3.96. The van der Waals surface area contributed by atoms with Gasteiger partial charge in [-0.05, 0) is 68.5 Å². The number of aryl methyl sites for hydroxylation is 3. The fourth-order valence-electron chi connectivity index (χ4n) is 3.86. The van der Waals surface area contributed by atoms with Crippen molar-refractivity contribution < 1.29 is 17.6 Å². The molecule has 0 heterocycles. The highest BCUT2D eigenvalue weighted by atomic mass is 32.2. The second-order valence-electron chi connectivity index (χ2n) is 8.29. The van der Waals surface area contributed by atoms with Gasteiger partial charge in [-0.25, -0.2) is 17.5 Å². The van der Waals surface area contributed by atoms with Gasteiger partial charge >= 0.3 is 0 Å². The Balaban J connectivity index is 1.84. The standard InChI is InChI=1S/C26H29FN2O3S/c1-5-21(15-20-9-7-6-8-10-20)29-33(31,32)22-11-12-24(27)23(16-22)26(30)28-25-18(3)13-17(2)14-19(25)4/h6-14,16,21,29H,5,15H2,1-4H3,(H,28,30)/t21-/m1/s1. The molecule has 33 heavy (non-hydrogen) atoms. The Morgan fingerprint density at radius 1 is 0.970 bits per heavy atom. The molecule has 5 nitrogen and oxygen atoms in total. The summed E-state index contributed by atoms with van der Waals surface area (Å²) in [5, 5.41) is 2.73. The van der Waals surface area contributed by atoms with Crippen molar-refractivity contribution in [1.29, 1.82) is 0 Å². The van der Waals surface area contributed by atoms with Crippen molar-refractivity contribution in [3.63, 3.8) is 0 Å². The van der Waals surface area contributed by atoms with Crippen molar-refractivity contribution in [2.24, 2.45) is 0 Å². The van der Waals surface area contributed by atoms with Gasteiger partial charge in [-0.1, -0.05) is 55.0 Å². The van der Waals surface area contributed by atoms with E-state index in [0.717, 1.165) is 34.4 Å². The number of hydrogen-bond acceptors (Lipinski definition) is 3. The summed E-state index contributed by atoms with van der Waals surface area (Å²) in [5.74, 6) is -1.49. The van der Waals surface area contributed by atoms with Crippen LogP contribution >= 0.6 is 0 Å². The summed E-state index contributed by atoms with van der Waals surface area (Å²) in [6.07, 6.45) is 1.10. The third-order valence-corrected chi connectivity index (χ3v) is 7.07. The Morgan fingerprint density at radius 2 is 1.61 bits per heavy atom. The Morgan fingerprint density at radius 3 is 2.21 bits per heavy atom. The van der Waals surface area contributed by atoms with E-state index in [2.05, 4.69) is 10.0 Å². The Labute approximate surface area is 195 Å². The summed E-state index contributed by atoms with van der Waals surface area (Å²) in [5.41, 5.74) is 4.01. The molecule has 0 saturated carbocycles. The topological polar surface area (TPSA) is 75.3 Å². The summed E-state index contributed by atoms with van der Waals surface area (Å²) in [6, 6.07) is 16.3. The van der Waals surface area contributed by atoms with Gasteiger partial charge in [0.15, 0.2) is 0 Å². The van der Waals surface area contributed by atoms with Crippen molar-refractivity contribution in [3.8, 4) is 0 Å². The number of nitrogens with one attached hydrogen (secondary N) is 2. The minimum absolute atomic E-state index is 0.155. The monoisotopic (exact) mass is 468 g/mol. The van der Waals surface area contributed by atoms with Crippen LogP contribution < -0.4 is 10.0 Å². The maximum atomic E-state index is 14.5. The predicted molar refractivity (Wildman–Crippen MR) is 130 cm³/mol. The van der Waals surface area contributed by atoms with E-state index >= 15 is 0 Å². The van der Waals surface area contributed by atoms with Crippen LogP contribution in [0.5, 0.6) is 0 Å². The van der Waals surface area contributed by atoms with E-state index < -0.39 is 21.7 Å². The van der Waals surface area contributed by atoms with E-state index in [-0.39, 0.29) is 16.5 Å². The number of sulfonamides is 1. The lowest BCUT2D eigenvalue weighted by Crippen LogP contribution is -2.36. The van der Waals surface area contributed by atoms with Crippen molar-refractivity contribution in [3.05, 3.63) is 94.3 Å². The molecule has 0 bridgehead atoms. The predicted octanol–water partition coefficient (Wildman–Crippen LogP) is 5.30. The molecule has 1 amide bonds. The van der Waals surface area contributed by atoms with Gasteiger partial charge in [-0.15, -0.1) is 0 Å². The molecule has 0 fully saturated rings. The van der Waals surface area contributed by atoms with Crippen LogP contribution in [0.1, 0.15) is 46.0 Å². The average Bonchev–Trinajstić information content (AvgIpc) is 2.76. The highest BCUT2D eigenvalue weighted by Gasteiger charge is 2.23. The lowest BCUT2D eigenvalue weighted by Gasteiger charge is -2.18. The number of carbonyl (C=O) groups excluding carboxylic acids is 1. The highest BCUT2D eigenvalue weighted by molar-refractivity contribution is 7.89. The Hall–Kier alpha value is -3.03. The van der Waals surface area contributed by atoms with Crippen LogP contribution in [0.25, 0.3) is 0 Å². The molecule has 1 atom stereocenters. The Bertz CT molecular complexity index is 1230.